The minimum atomic E-state index is -3.34. The second-order valence-corrected chi connectivity index (χ2v) is 11.3. The largest absolute Gasteiger partial charge is 0.383 e. The Kier molecular flexibility index (Phi) is 9.60. The maximum Gasteiger partial charge on any atom is 0.383 e. The van der Waals surface area contributed by atoms with Crippen molar-refractivity contribution in [3.63, 3.8) is 0 Å². The van der Waals surface area contributed by atoms with Crippen LogP contribution in [0.15, 0.2) is 78.9 Å². The molecule has 0 amide bonds. The van der Waals surface area contributed by atoms with Gasteiger partial charge in [0, 0.05) is 5.56 Å². The van der Waals surface area contributed by atoms with Crippen LogP contribution in [0, 0.1) is 23.3 Å². The van der Waals surface area contributed by atoms with Crippen LogP contribution in [0.4, 0.5) is 26.3 Å². The Morgan fingerprint density at radius 2 is 1.28 bits per heavy atom. The first-order chi connectivity index (χ1) is 20.6. The smallest absolute Gasteiger partial charge is 0.313 e. The van der Waals surface area contributed by atoms with E-state index in [0.717, 1.165) is 54.5 Å². The van der Waals surface area contributed by atoms with Gasteiger partial charge in [-0.1, -0.05) is 80.4 Å². The van der Waals surface area contributed by atoms with Crippen LogP contribution in [0.1, 0.15) is 74.5 Å². The molecule has 5 rings (SSSR count). The van der Waals surface area contributed by atoms with Crippen LogP contribution < -0.4 is 0 Å². The van der Waals surface area contributed by atoms with Crippen molar-refractivity contribution in [3.05, 3.63) is 119 Å². The van der Waals surface area contributed by atoms with Crippen molar-refractivity contribution in [1.82, 2.24) is 0 Å². The Balaban J connectivity index is 1.17. The monoisotopic (exact) mass is 596 g/mol. The Bertz CT molecular complexity index is 1500. The zero-order valence-electron chi connectivity index (χ0n) is 24.0. The molecule has 0 aromatic heterocycles. The number of aryl methyl sites for hydroxylation is 1. The summed E-state index contributed by atoms with van der Waals surface area (Å²) in [5, 5.41) is 0. The predicted octanol–water partition coefficient (Wildman–Crippen LogP) is 11.1. The predicted molar refractivity (Wildman–Crippen MR) is 157 cm³/mol. The number of ether oxygens (including phenoxy) is 1. The van der Waals surface area contributed by atoms with E-state index in [2.05, 4.69) is 6.92 Å². The standard InChI is InChI=1S/C36H34F6O/c1-2-3-4-5-23-6-15-29(16-7-23)36(41,42)43-30-17-12-25(13-18-30)24-8-10-26(11-9-24)27-14-19-31(32(37)20-27)28-21-33(38)35(40)34(39)22-28/h6-11,14-16,19-22,25,30H,2-5,12-13,17-18H2,1H3. The Labute approximate surface area is 248 Å². The third kappa shape index (κ3) is 7.32. The normalized spacial score (nSPS) is 17.3. The molecule has 1 fully saturated rings. The lowest BCUT2D eigenvalue weighted by Crippen LogP contribution is -2.29. The van der Waals surface area contributed by atoms with Crippen molar-refractivity contribution in [3.8, 4) is 22.3 Å². The first-order valence-electron chi connectivity index (χ1n) is 14.8. The first kappa shape index (κ1) is 30.9. The van der Waals surface area contributed by atoms with Gasteiger partial charge in [-0.3, -0.25) is 0 Å². The lowest BCUT2D eigenvalue weighted by molar-refractivity contribution is -0.277. The molecule has 0 atom stereocenters. The molecule has 0 N–H and O–H groups in total. The topological polar surface area (TPSA) is 9.23 Å². The van der Waals surface area contributed by atoms with Crippen molar-refractivity contribution >= 4 is 0 Å². The zero-order valence-corrected chi connectivity index (χ0v) is 24.0. The summed E-state index contributed by atoms with van der Waals surface area (Å²) < 4.78 is 90.6. The van der Waals surface area contributed by atoms with Crippen LogP contribution in [-0.4, -0.2) is 6.10 Å². The molecule has 0 saturated heterocycles. The van der Waals surface area contributed by atoms with Gasteiger partial charge in [-0.25, -0.2) is 17.6 Å². The summed E-state index contributed by atoms with van der Waals surface area (Å²) in [7, 11) is 0. The van der Waals surface area contributed by atoms with E-state index in [0.29, 0.717) is 31.2 Å². The number of hydrogen-bond acceptors (Lipinski definition) is 1. The Morgan fingerprint density at radius 3 is 1.88 bits per heavy atom. The van der Waals surface area contributed by atoms with Crippen LogP contribution in [0.25, 0.3) is 22.3 Å². The van der Waals surface area contributed by atoms with Gasteiger partial charge in [0.25, 0.3) is 0 Å². The molecule has 0 radical (unpaired) electrons. The summed E-state index contributed by atoms with van der Waals surface area (Å²) in [4.78, 5) is 0. The highest BCUT2D eigenvalue weighted by Gasteiger charge is 2.37. The number of alkyl halides is 2. The Morgan fingerprint density at radius 1 is 0.674 bits per heavy atom. The first-order valence-corrected chi connectivity index (χ1v) is 14.8. The molecule has 4 aromatic carbocycles. The molecule has 4 aromatic rings. The quantitative estimate of drug-likeness (QED) is 0.101. The molecule has 1 aliphatic rings. The molecule has 0 bridgehead atoms. The lowest BCUT2D eigenvalue weighted by atomic mass is 9.82. The summed E-state index contributed by atoms with van der Waals surface area (Å²) in [6.45, 7) is 2.13. The van der Waals surface area contributed by atoms with Gasteiger partial charge < -0.3 is 4.74 Å². The van der Waals surface area contributed by atoms with Gasteiger partial charge in [-0.2, -0.15) is 8.78 Å². The molecule has 0 unspecified atom stereocenters. The highest BCUT2D eigenvalue weighted by atomic mass is 19.3. The fourth-order valence-corrected chi connectivity index (χ4v) is 5.82. The summed E-state index contributed by atoms with van der Waals surface area (Å²) in [5.41, 5.74) is 3.20. The van der Waals surface area contributed by atoms with Crippen LogP contribution in [0.3, 0.4) is 0 Å². The van der Waals surface area contributed by atoms with E-state index in [-0.39, 0.29) is 22.6 Å². The third-order valence-corrected chi connectivity index (χ3v) is 8.33. The molecular formula is C36H34F6O. The van der Waals surface area contributed by atoms with E-state index in [1.165, 1.54) is 24.3 Å². The fourth-order valence-electron chi connectivity index (χ4n) is 5.82. The van der Waals surface area contributed by atoms with Crippen molar-refractivity contribution in [2.75, 3.05) is 0 Å². The van der Waals surface area contributed by atoms with Crippen molar-refractivity contribution in [2.45, 2.75) is 76.4 Å². The van der Waals surface area contributed by atoms with E-state index < -0.39 is 35.5 Å². The van der Waals surface area contributed by atoms with E-state index >= 15 is 0 Å². The second-order valence-electron chi connectivity index (χ2n) is 11.3. The van der Waals surface area contributed by atoms with E-state index in [1.807, 2.05) is 24.3 Å². The van der Waals surface area contributed by atoms with Crippen molar-refractivity contribution < 1.29 is 31.1 Å². The summed E-state index contributed by atoms with van der Waals surface area (Å²) in [6.07, 6.45) is 2.77. The molecule has 0 heterocycles. The number of halogens is 6. The van der Waals surface area contributed by atoms with Gasteiger partial charge >= 0.3 is 6.11 Å². The van der Waals surface area contributed by atoms with Gasteiger partial charge in [-0.15, -0.1) is 0 Å². The van der Waals surface area contributed by atoms with Crippen LogP contribution in [-0.2, 0) is 17.3 Å². The molecule has 0 spiro atoms. The molecular weight excluding hydrogens is 562 g/mol. The van der Waals surface area contributed by atoms with Gasteiger partial charge in [0.15, 0.2) is 17.5 Å². The highest BCUT2D eigenvalue weighted by Crippen LogP contribution is 2.40. The molecule has 1 saturated carbocycles. The summed E-state index contributed by atoms with van der Waals surface area (Å²) in [6, 6.07) is 19.9. The number of hydrogen-bond donors (Lipinski definition) is 0. The fraction of sp³-hybridized carbons (Fsp3) is 0.333. The minimum Gasteiger partial charge on any atom is -0.313 e. The second kappa shape index (κ2) is 13.4. The van der Waals surface area contributed by atoms with E-state index in [4.69, 9.17) is 4.74 Å². The Hall–Kier alpha value is -3.58. The maximum atomic E-state index is 14.9. The third-order valence-electron chi connectivity index (χ3n) is 8.33. The molecule has 7 heteroatoms. The number of rotatable bonds is 10. The number of unbranched alkanes of at least 4 members (excludes halogenated alkanes) is 2. The van der Waals surface area contributed by atoms with E-state index in [9.17, 15) is 26.3 Å². The van der Waals surface area contributed by atoms with Crippen LogP contribution in [0.2, 0.25) is 0 Å². The van der Waals surface area contributed by atoms with Gasteiger partial charge in [0.2, 0.25) is 0 Å². The average Bonchev–Trinajstić information content (AvgIpc) is 3.00. The summed E-state index contributed by atoms with van der Waals surface area (Å²) >= 11 is 0. The average molecular weight is 597 g/mol. The SMILES string of the molecule is CCCCCc1ccc(C(F)(F)OC2CCC(c3ccc(-c4ccc(-c5cc(F)c(F)c(F)c5)c(F)c4)cc3)CC2)cc1. The van der Waals surface area contributed by atoms with Crippen LogP contribution in [0.5, 0.6) is 0 Å². The summed E-state index contributed by atoms with van der Waals surface area (Å²) in [5.74, 6) is -4.85. The number of benzene rings is 4. The molecule has 1 nitrogen and oxygen atoms in total. The van der Waals surface area contributed by atoms with Gasteiger partial charge in [0.1, 0.15) is 5.82 Å². The van der Waals surface area contributed by atoms with Gasteiger partial charge in [-0.05, 0) is 90.5 Å². The molecule has 1 aliphatic carbocycles. The van der Waals surface area contributed by atoms with Crippen molar-refractivity contribution in [2.24, 2.45) is 0 Å². The molecule has 0 aliphatic heterocycles. The van der Waals surface area contributed by atoms with E-state index in [1.54, 1.807) is 18.2 Å². The van der Waals surface area contributed by atoms with Gasteiger partial charge in [0.05, 0.1) is 11.7 Å². The van der Waals surface area contributed by atoms with Crippen LogP contribution >= 0.6 is 0 Å². The molecule has 226 valence electrons. The maximum absolute atomic E-state index is 14.9. The molecule has 43 heavy (non-hydrogen) atoms. The zero-order chi connectivity index (χ0) is 30.6. The minimum absolute atomic E-state index is 0.0397. The highest BCUT2D eigenvalue weighted by molar-refractivity contribution is 5.71. The lowest BCUT2D eigenvalue weighted by Gasteiger charge is -2.31. The van der Waals surface area contributed by atoms with Crippen molar-refractivity contribution in [1.29, 1.82) is 0 Å².